The molecule has 1 heteroatoms. The van der Waals surface area contributed by atoms with Gasteiger partial charge in [0.15, 0.2) is 0 Å². The van der Waals surface area contributed by atoms with E-state index in [1.165, 1.54) is 38.5 Å². The van der Waals surface area contributed by atoms with Crippen LogP contribution in [-0.2, 0) is 4.79 Å². The number of ketones is 1. The van der Waals surface area contributed by atoms with E-state index in [2.05, 4.69) is 6.92 Å². The third-order valence-electron chi connectivity index (χ3n) is 2.80. The second-order valence-corrected chi connectivity index (χ2v) is 3.97. The smallest absolute Gasteiger partial charge is 0.129 e. The van der Waals surface area contributed by atoms with Gasteiger partial charge in [-0.25, -0.2) is 0 Å². The molecule has 1 nitrogen and oxygen atoms in total. The lowest BCUT2D eigenvalue weighted by molar-refractivity contribution is -0.116. The largest absolute Gasteiger partial charge is 0.300 e. The topological polar surface area (TPSA) is 17.1 Å². The van der Waals surface area contributed by atoms with E-state index in [1.54, 1.807) is 6.92 Å². The molecular weight excluding hydrogens is 160 g/mol. The number of hydrogen-bond donors (Lipinski definition) is 0. The first kappa shape index (κ1) is 12.7. The summed E-state index contributed by atoms with van der Waals surface area (Å²) in [4.78, 5) is 9.81. The van der Waals surface area contributed by atoms with Crippen molar-refractivity contribution in [3.63, 3.8) is 0 Å². The zero-order valence-electron chi connectivity index (χ0n) is 9.44. The first-order valence-electron chi connectivity index (χ1n) is 5.70. The molecule has 1 aliphatic rings. The lowest BCUT2D eigenvalue weighted by Crippen LogP contribution is -2.03. The minimum Gasteiger partial charge on any atom is -0.300 e. The number of hydrogen-bond acceptors (Lipinski definition) is 1. The normalized spacial score (nSPS) is 17.5. The third kappa shape index (κ3) is 8.01. The van der Waals surface area contributed by atoms with Crippen LogP contribution in [0.2, 0.25) is 0 Å². The molecule has 0 aliphatic heterocycles. The Morgan fingerprint density at radius 3 is 1.85 bits per heavy atom. The second-order valence-electron chi connectivity index (χ2n) is 3.97. The van der Waals surface area contributed by atoms with Crippen molar-refractivity contribution in [3.8, 4) is 0 Å². The van der Waals surface area contributed by atoms with Gasteiger partial charge in [0, 0.05) is 6.42 Å². The number of carbonyl (C=O) groups is 1. The minimum absolute atomic E-state index is 0.255. The van der Waals surface area contributed by atoms with Gasteiger partial charge in [0.2, 0.25) is 0 Å². The summed E-state index contributed by atoms with van der Waals surface area (Å²) in [7, 11) is 0. The molecule has 0 spiro atoms. The maximum atomic E-state index is 9.81. The Balaban J connectivity index is 0.000000252. The average molecular weight is 184 g/mol. The van der Waals surface area contributed by atoms with Crippen LogP contribution in [0.1, 0.15) is 65.7 Å². The highest BCUT2D eigenvalue weighted by Crippen LogP contribution is 2.25. The molecule has 0 aromatic heterocycles. The van der Waals surface area contributed by atoms with Gasteiger partial charge in [-0.1, -0.05) is 52.4 Å². The monoisotopic (exact) mass is 184 g/mol. The summed E-state index contributed by atoms with van der Waals surface area (Å²) in [6, 6.07) is 0. The summed E-state index contributed by atoms with van der Waals surface area (Å²) in [5.41, 5.74) is 0. The van der Waals surface area contributed by atoms with Gasteiger partial charge in [-0.2, -0.15) is 0 Å². The minimum atomic E-state index is 0.255. The van der Waals surface area contributed by atoms with Crippen molar-refractivity contribution in [3.05, 3.63) is 0 Å². The Morgan fingerprint density at radius 2 is 1.62 bits per heavy atom. The molecule has 0 aromatic carbocycles. The molecule has 13 heavy (non-hydrogen) atoms. The summed E-state index contributed by atoms with van der Waals surface area (Å²) >= 11 is 0. The van der Waals surface area contributed by atoms with Gasteiger partial charge in [0.25, 0.3) is 0 Å². The molecule has 0 unspecified atom stereocenters. The highest BCUT2D eigenvalue weighted by molar-refractivity contribution is 5.74. The fourth-order valence-electron chi connectivity index (χ4n) is 1.60. The van der Waals surface area contributed by atoms with Crippen LogP contribution in [-0.4, -0.2) is 5.78 Å². The average Bonchev–Trinajstić information content (AvgIpc) is 2.20. The zero-order valence-corrected chi connectivity index (χ0v) is 9.44. The van der Waals surface area contributed by atoms with Gasteiger partial charge in [-0.05, 0) is 12.8 Å². The molecule has 1 rings (SSSR count). The Hall–Kier alpha value is -0.330. The van der Waals surface area contributed by atoms with Gasteiger partial charge < -0.3 is 4.79 Å². The Kier molecular flexibility index (Phi) is 8.07. The summed E-state index contributed by atoms with van der Waals surface area (Å²) in [6.07, 6.45) is 9.60. The standard InChI is InChI=1S/C8H16.C4H8O/c1-2-8-6-4-3-5-7-8;1-3-4(2)5/h8H,2-7H2,1H3;3H2,1-2H3. The van der Waals surface area contributed by atoms with E-state index in [1.807, 2.05) is 6.92 Å². The van der Waals surface area contributed by atoms with Gasteiger partial charge in [0.05, 0.1) is 0 Å². The van der Waals surface area contributed by atoms with E-state index in [9.17, 15) is 4.79 Å². The Morgan fingerprint density at radius 1 is 1.15 bits per heavy atom. The van der Waals surface area contributed by atoms with Crippen LogP contribution < -0.4 is 0 Å². The summed E-state index contributed by atoms with van der Waals surface area (Å²) in [5.74, 6) is 1.34. The van der Waals surface area contributed by atoms with Crippen molar-refractivity contribution in [1.29, 1.82) is 0 Å². The van der Waals surface area contributed by atoms with Gasteiger partial charge in [-0.3, -0.25) is 0 Å². The van der Waals surface area contributed by atoms with Crippen LogP contribution in [0.3, 0.4) is 0 Å². The predicted octanol–water partition coefficient (Wildman–Crippen LogP) is 3.96. The molecule has 0 bridgehead atoms. The second kappa shape index (κ2) is 8.28. The van der Waals surface area contributed by atoms with Crippen LogP contribution in [0.15, 0.2) is 0 Å². The van der Waals surface area contributed by atoms with Crippen molar-refractivity contribution >= 4 is 5.78 Å². The fourth-order valence-corrected chi connectivity index (χ4v) is 1.60. The first-order chi connectivity index (χ1) is 6.20. The molecule has 0 radical (unpaired) electrons. The van der Waals surface area contributed by atoms with E-state index < -0.39 is 0 Å². The molecule has 0 amide bonds. The molecule has 0 atom stereocenters. The summed E-state index contributed by atoms with van der Waals surface area (Å²) < 4.78 is 0. The number of rotatable bonds is 2. The van der Waals surface area contributed by atoms with Crippen LogP contribution in [0, 0.1) is 5.92 Å². The summed E-state index contributed by atoms with van der Waals surface area (Å²) in [6.45, 7) is 5.75. The molecule has 0 aromatic rings. The lowest BCUT2D eigenvalue weighted by atomic mass is 9.88. The van der Waals surface area contributed by atoms with E-state index >= 15 is 0 Å². The third-order valence-corrected chi connectivity index (χ3v) is 2.80. The maximum absolute atomic E-state index is 9.81. The fraction of sp³-hybridized carbons (Fsp3) is 0.917. The van der Waals surface area contributed by atoms with Crippen LogP contribution in [0.5, 0.6) is 0 Å². The lowest BCUT2D eigenvalue weighted by Gasteiger charge is -2.18. The highest BCUT2D eigenvalue weighted by Gasteiger charge is 2.09. The molecule has 0 heterocycles. The molecule has 1 fully saturated rings. The maximum Gasteiger partial charge on any atom is 0.129 e. The van der Waals surface area contributed by atoms with Crippen LogP contribution in [0.25, 0.3) is 0 Å². The summed E-state index contributed by atoms with van der Waals surface area (Å²) in [5, 5.41) is 0. The Bertz CT molecular complexity index is 123. The van der Waals surface area contributed by atoms with Crippen molar-refractivity contribution in [2.75, 3.05) is 0 Å². The quantitative estimate of drug-likeness (QED) is 0.635. The van der Waals surface area contributed by atoms with Crippen molar-refractivity contribution in [1.82, 2.24) is 0 Å². The predicted molar refractivity (Wildman–Crippen MR) is 57.8 cm³/mol. The molecule has 78 valence electrons. The van der Waals surface area contributed by atoms with Gasteiger partial charge >= 0.3 is 0 Å². The SMILES string of the molecule is CCC(C)=O.CCC1CCCCC1. The van der Waals surface area contributed by atoms with Crippen LogP contribution >= 0.6 is 0 Å². The zero-order chi connectivity index (χ0) is 10.1. The number of carbonyl (C=O) groups excluding carboxylic acids is 1. The van der Waals surface area contributed by atoms with E-state index in [0.29, 0.717) is 6.42 Å². The molecule has 0 saturated heterocycles. The molecule has 1 saturated carbocycles. The van der Waals surface area contributed by atoms with Crippen molar-refractivity contribution in [2.24, 2.45) is 5.92 Å². The number of Topliss-reactive ketones (excluding diaryl/α,β-unsaturated/α-hetero) is 1. The molecule has 1 aliphatic carbocycles. The first-order valence-corrected chi connectivity index (χ1v) is 5.70. The van der Waals surface area contributed by atoms with E-state index in [0.717, 1.165) is 5.92 Å². The van der Waals surface area contributed by atoms with Gasteiger partial charge in [0.1, 0.15) is 5.78 Å². The molecule has 0 N–H and O–H groups in total. The van der Waals surface area contributed by atoms with Gasteiger partial charge in [-0.15, -0.1) is 0 Å². The van der Waals surface area contributed by atoms with E-state index in [4.69, 9.17) is 0 Å². The highest BCUT2D eigenvalue weighted by atomic mass is 16.1. The molecular formula is C12H24O. The van der Waals surface area contributed by atoms with Crippen LogP contribution in [0.4, 0.5) is 0 Å². The van der Waals surface area contributed by atoms with Crippen molar-refractivity contribution in [2.45, 2.75) is 65.7 Å². The Labute approximate surface area is 82.9 Å². The van der Waals surface area contributed by atoms with Crippen molar-refractivity contribution < 1.29 is 4.79 Å². The van der Waals surface area contributed by atoms with E-state index in [-0.39, 0.29) is 5.78 Å².